The second-order valence-corrected chi connectivity index (χ2v) is 8.38. The molecule has 87 valence electrons. The largest absolute Gasteiger partial charge is 0.397 e. The van der Waals surface area contributed by atoms with Gasteiger partial charge in [-0.2, -0.15) is 0 Å². The Balaban J connectivity index is 1.96. The van der Waals surface area contributed by atoms with Gasteiger partial charge in [-0.05, 0) is 18.8 Å². The highest BCUT2D eigenvalue weighted by Crippen LogP contribution is 2.45. The smallest absolute Gasteiger partial charge is 0.344 e. The standard InChI is InChI=1S/C12H23O2Si/c1-13-15(14-2,12-8-5-9-12)10-11-6-3-4-7-11/h10-12H,3-9H2,1-2H3. The van der Waals surface area contributed by atoms with Crippen LogP contribution in [-0.4, -0.2) is 22.8 Å². The minimum absolute atomic E-state index is 0.730. The van der Waals surface area contributed by atoms with Gasteiger partial charge in [0, 0.05) is 25.8 Å². The Morgan fingerprint density at radius 2 is 1.53 bits per heavy atom. The molecule has 2 rings (SSSR count). The first-order valence-corrected chi connectivity index (χ1v) is 8.24. The van der Waals surface area contributed by atoms with Crippen LogP contribution in [0.1, 0.15) is 44.9 Å². The zero-order chi connectivity index (χ0) is 10.7. The van der Waals surface area contributed by atoms with Crippen molar-refractivity contribution in [1.29, 1.82) is 0 Å². The topological polar surface area (TPSA) is 18.5 Å². The number of rotatable bonds is 5. The molecule has 2 aliphatic rings. The summed E-state index contributed by atoms with van der Waals surface area (Å²) >= 11 is 0. The van der Waals surface area contributed by atoms with Crippen LogP contribution in [0.25, 0.3) is 0 Å². The Kier molecular flexibility index (Phi) is 3.86. The number of hydrogen-bond donors (Lipinski definition) is 0. The Morgan fingerprint density at radius 1 is 0.933 bits per heavy atom. The van der Waals surface area contributed by atoms with Crippen LogP contribution >= 0.6 is 0 Å². The maximum atomic E-state index is 5.81. The summed E-state index contributed by atoms with van der Waals surface area (Å²) in [5, 5.41) is 0. The van der Waals surface area contributed by atoms with Crippen LogP contribution in [0.3, 0.4) is 0 Å². The van der Waals surface area contributed by atoms with Crippen molar-refractivity contribution in [2.45, 2.75) is 50.5 Å². The maximum Gasteiger partial charge on any atom is 0.344 e. The lowest BCUT2D eigenvalue weighted by Crippen LogP contribution is -2.50. The zero-order valence-electron chi connectivity index (χ0n) is 10.00. The minimum Gasteiger partial charge on any atom is -0.397 e. The Labute approximate surface area is 94.6 Å². The van der Waals surface area contributed by atoms with Crippen LogP contribution in [-0.2, 0) is 8.85 Å². The van der Waals surface area contributed by atoms with E-state index < -0.39 is 8.56 Å². The summed E-state index contributed by atoms with van der Waals surface area (Å²) in [7, 11) is 1.74. The van der Waals surface area contributed by atoms with E-state index in [1.54, 1.807) is 0 Å². The molecular weight excluding hydrogens is 204 g/mol. The van der Waals surface area contributed by atoms with E-state index in [4.69, 9.17) is 8.85 Å². The highest BCUT2D eigenvalue weighted by Gasteiger charge is 2.48. The molecule has 0 unspecified atom stereocenters. The van der Waals surface area contributed by atoms with Crippen LogP contribution in [0, 0.1) is 12.0 Å². The lowest BCUT2D eigenvalue weighted by molar-refractivity contribution is 0.212. The van der Waals surface area contributed by atoms with Crippen molar-refractivity contribution < 1.29 is 8.85 Å². The molecule has 1 radical (unpaired) electrons. The van der Waals surface area contributed by atoms with E-state index >= 15 is 0 Å². The van der Waals surface area contributed by atoms with E-state index in [1.165, 1.54) is 44.9 Å². The molecule has 0 atom stereocenters. The summed E-state index contributed by atoms with van der Waals surface area (Å²) in [5.74, 6) is 0.775. The summed E-state index contributed by atoms with van der Waals surface area (Å²) < 4.78 is 11.6. The molecule has 0 amide bonds. The molecule has 2 fully saturated rings. The third-order valence-electron chi connectivity index (χ3n) is 4.18. The van der Waals surface area contributed by atoms with Gasteiger partial charge in [0.05, 0.1) is 0 Å². The van der Waals surface area contributed by atoms with E-state index in [-0.39, 0.29) is 0 Å². The van der Waals surface area contributed by atoms with Crippen molar-refractivity contribution in [3.8, 4) is 0 Å². The minimum atomic E-state index is -1.95. The van der Waals surface area contributed by atoms with Gasteiger partial charge >= 0.3 is 8.56 Å². The fourth-order valence-corrected chi connectivity index (χ4v) is 6.53. The third kappa shape index (κ3) is 2.29. The normalized spacial score (nSPS) is 24.4. The lowest BCUT2D eigenvalue weighted by atomic mass is 10.00. The van der Waals surface area contributed by atoms with Gasteiger partial charge in [-0.25, -0.2) is 0 Å². The van der Waals surface area contributed by atoms with Crippen LogP contribution in [0.2, 0.25) is 5.54 Å². The van der Waals surface area contributed by atoms with Crippen molar-refractivity contribution in [2.75, 3.05) is 14.2 Å². The zero-order valence-corrected chi connectivity index (χ0v) is 11.0. The highest BCUT2D eigenvalue weighted by molar-refractivity contribution is 6.72. The average Bonchev–Trinajstić information content (AvgIpc) is 2.66. The van der Waals surface area contributed by atoms with Gasteiger partial charge < -0.3 is 8.85 Å². The van der Waals surface area contributed by atoms with Gasteiger partial charge in [-0.1, -0.05) is 32.1 Å². The molecule has 0 aromatic carbocycles. The van der Waals surface area contributed by atoms with Crippen molar-refractivity contribution >= 4 is 8.56 Å². The summed E-state index contributed by atoms with van der Waals surface area (Å²) in [6.45, 7) is 0. The van der Waals surface area contributed by atoms with Gasteiger partial charge in [0.2, 0.25) is 0 Å². The molecule has 3 heteroatoms. The predicted octanol–water partition coefficient (Wildman–Crippen LogP) is 3.21. The second kappa shape index (κ2) is 4.98. The summed E-state index contributed by atoms with van der Waals surface area (Å²) in [6, 6.07) is 2.49. The molecule has 2 saturated carbocycles. The van der Waals surface area contributed by atoms with Gasteiger partial charge in [0.15, 0.2) is 0 Å². The SMILES string of the molecule is CO[Si]([CH]C1CCCC1)(OC)C1CCC1. The lowest BCUT2D eigenvalue weighted by Gasteiger charge is -2.41. The van der Waals surface area contributed by atoms with Crippen LogP contribution in [0.4, 0.5) is 0 Å². The quantitative estimate of drug-likeness (QED) is 0.671. The Morgan fingerprint density at radius 3 is 1.93 bits per heavy atom. The molecule has 0 aromatic rings. The van der Waals surface area contributed by atoms with Gasteiger partial charge in [-0.3, -0.25) is 0 Å². The molecule has 2 aliphatic carbocycles. The van der Waals surface area contributed by atoms with Crippen molar-refractivity contribution in [3.63, 3.8) is 0 Å². The van der Waals surface area contributed by atoms with Crippen LogP contribution in [0.5, 0.6) is 0 Å². The van der Waals surface area contributed by atoms with Crippen molar-refractivity contribution in [3.05, 3.63) is 6.04 Å². The molecule has 0 heterocycles. The van der Waals surface area contributed by atoms with E-state index in [9.17, 15) is 0 Å². The molecule has 0 aliphatic heterocycles. The first-order chi connectivity index (χ1) is 7.30. The van der Waals surface area contributed by atoms with Crippen molar-refractivity contribution in [2.24, 2.45) is 5.92 Å². The van der Waals surface area contributed by atoms with E-state index in [2.05, 4.69) is 6.04 Å². The maximum absolute atomic E-state index is 5.81. The molecule has 2 nitrogen and oxygen atoms in total. The van der Waals surface area contributed by atoms with Crippen LogP contribution < -0.4 is 0 Å². The molecular formula is C12H23O2Si. The van der Waals surface area contributed by atoms with E-state index in [1.807, 2.05) is 14.2 Å². The molecule has 0 aromatic heterocycles. The third-order valence-corrected chi connectivity index (χ3v) is 8.11. The molecule has 0 N–H and O–H groups in total. The summed E-state index contributed by atoms with van der Waals surface area (Å²) in [5.41, 5.74) is 0.730. The van der Waals surface area contributed by atoms with Crippen molar-refractivity contribution in [1.82, 2.24) is 0 Å². The monoisotopic (exact) mass is 227 g/mol. The first kappa shape index (κ1) is 11.6. The second-order valence-electron chi connectivity index (χ2n) is 4.97. The number of hydrogen-bond acceptors (Lipinski definition) is 2. The Hall–Kier alpha value is 0.137. The first-order valence-electron chi connectivity index (χ1n) is 6.27. The highest BCUT2D eigenvalue weighted by atomic mass is 28.4. The fraction of sp³-hybridized carbons (Fsp3) is 0.917. The fourth-order valence-electron chi connectivity index (χ4n) is 2.95. The average molecular weight is 227 g/mol. The van der Waals surface area contributed by atoms with Gasteiger partial charge in [-0.15, -0.1) is 0 Å². The van der Waals surface area contributed by atoms with Crippen LogP contribution in [0.15, 0.2) is 0 Å². The van der Waals surface area contributed by atoms with Gasteiger partial charge in [0.25, 0.3) is 0 Å². The summed E-state index contributed by atoms with van der Waals surface area (Å²) in [6.07, 6.45) is 9.49. The molecule has 0 saturated heterocycles. The summed E-state index contributed by atoms with van der Waals surface area (Å²) in [4.78, 5) is 0. The molecule has 15 heavy (non-hydrogen) atoms. The van der Waals surface area contributed by atoms with E-state index in [0.717, 1.165) is 11.5 Å². The Bertz CT molecular complexity index is 194. The van der Waals surface area contributed by atoms with Gasteiger partial charge in [0.1, 0.15) is 0 Å². The molecule has 0 bridgehead atoms. The molecule has 0 spiro atoms. The van der Waals surface area contributed by atoms with E-state index in [0.29, 0.717) is 0 Å². The predicted molar refractivity (Wildman–Crippen MR) is 63.6 cm³/mol.